The Balaban J connectivity index is 1.26. The molecule has 0 saturated heterocycles. The molecule has 1 aromatic heterocycles. The highest BCUT2D eigenvalue weighted by molar-refractivity contribution is 7.89. The van der Waals surface area contributed by atoms with E-state index in [9.17, 15) is 12.8 Å². The molecule has 1 aliphatic carbocycles. The predicted molar refractivity (Wildman–Crippen MR) is 131 cm³/mol. The fourth-order valence-corrected chi connectivity index (χ4v) is 6.42. The zero-order chi connectivity index (χ0) is 23.2. The molecule has 0 bridgehead atoms. The standard InChI is InChI=1S/C27H29FN2O2S/c1-17(27-14-21-13-18(16-33(2,31)32)3-9-25(21)30-27)19-4-6-20(7-5-19)23-11-12-29-26-10-8-22(28)15-24(23)26/h3,8-13,15,17,19-20H,4-7,14,16H2,1-2H3/t17-,19?,20?/m1/s1. The minimum Gasteiger partial charge on any atom is -0.257 e. The first-order valence-electron chi connectivity index (χ1n) is 11.7. The van der Waals surface area contributed by atoms with Gasteiger partial charge in [0.05, 0.1) is 17.0 Å². The molecule has 2 aromatic carbocycles. The molecule has 1 aliphatic heterocycles. The van der Waals surface area contributed by atoms with Gasteiger partial charge in [-0.25, -0.2) is 12.8 Å². The van der Waals surface area contributed by atoms with Crippen molar-refractivity contribution < 1.29 is 12.8 Å². The molecular weight excluding hydrogens is 435 g/mol. The van der Waals surface area contributed by atoms with E-state index in [1.807, 2.05) is 24.4 Å². The van der Waals surface area contributed by atoms with Gasteiger partial charge in [-0.2, -0.15) is 0 Å². The first-order valence-corrected chi connectivity index (χ1v) is 13.7. The topological polar surface area (TPSA) is 59.4 Å². The number of pyridine rings is 1. The minimum absolute atomic E-state index is 0.0722. The number of hydrogen-bond acceptors (Lipinski definition) is 4. The van der Waals surface area contributed by atoms with Crippen LogP contribution >= 0.6 is 0 Å². The van der Waals surface area contributed by atoms with Gasteiger partial charge in [0.25, 0.3) is 0 Å². The maximum Gasteiger partial charge on any atom is 0.151 e. The molecule has 1 saturated carbocycles. The number of sulfone groups is 1. The van der Waals surface area contributed by atoms with Crippen LogP contribution in [0.25, 0.3) is 10.9 Å². The number of nitrogens with zero attached hydrogens (tertiary/aromatic N) is 2. The largest absolute Gasteiger partial charge is 0.257 e. The molecule has 6 heteroatoms. The van der Waals surface area contributed by atoms with Crippen LogP contribution in [0.1, 0.15) is 55.2 Å². The second-order valence-corrected chi connectivity index (χ2v) is 11.9. The van der Waals surface area contributed by atoms with Crippen molar-refractivity contribution in [3.63, 3.8) is 0 Å². The van der Waals surface area contributed by atoms with E-state index in [0.29, 0.717) is 17.8 Å². The number of halogens is 1. The van der Waals surface area contributed by atoms with Crippen molar-refractivity contribution in [3.8, 4) is 0 Å². The van der Waals surface area contributed by atoms with Gasteiger partial charge in [0.15, 0.2) is 9.84 Å². The molecule has 0 amide bonds. The summed E-state index contributed by atoms with van der Waals surface area (Å²) in [4.78, 5) is 9.31. The Morgan fingerprint density at radius 3 is 2.61 bits per heavy atom. The number of fused-ring (bicyclic) bond motifs is 2. The lowest BCUT2D eigenvalue weighted by Gasteiger charge is -2.33. The molecule has 0 radical (unpaired) electrons. The van der Waals surface area contributed by atoms with Crippen LogP contribution in [0.3, 0.4) is 0 Å². The van der Waals surface area contributed by atoms with Crippen LogP contribution in [0.15, 0.2) is 53.7 Å². The molecule has 5 rings (SSSR count). The van der Waals surface area contributed by atoms with Crippen molar-refractivity contribution in [3.05, 3.63) is 71.2 Å². The second kappa shape index (κ2) is 8.64. The van der Waals surface area contributed by atoms with Crippen LogP contribution in [0.4, 0.5) is 10.1 Å². The number of hydrogen-bond donors (Lipinski definition) is 0. The SMILES string of the molecule is C[C@@H](C1=Nc2ccc(CS(C)(=O)=O)cc2C1)C1CCC(c2ccnc3ccc(F)cc23)CC1. The molecule has 3 aromatic rings. The molecular formula is C27H29FN2O2S. The van der Waals surface area contributed by atoms with Gasteiger partial charge in [0.1, 0.15) is 5.82 Å². The van der Waals surface area contributed by atoms with Crippen molar-refractivity contribution in [1.82, 2.24) is 4.98 Å². The Kier molecular flexibility index (Phi) is 5.81. The van der Waals surface area contributed by atoms with E-state index in [1.165, 1.54) is 23.6 Å². The first-order chi connectivity index (χ1) is 15.8. The van der Waals surface area contributed by atoms with Crippen LogP contribution in [-0.4, -0.2) is 25.4 Å². The lowest BCUT2D eigenvalue weighted by molar-refractivity contribution is 0.287. The third-order valence-corrected chi connectivity index (χ3v) is 8.25. The highest BCUT2D eigenvalue weighted by Crippen LogP contribution is 2.42. The summed E-state index contributed by atoms with van der Waals surface area (Å²) in [5, 5.41) is 0.939. The molecule has 2 aliphatic rings. The average Bonchev–Trinajstić information content (AvgIpc) is 3.20. The summed E-state index contributed by atoms with van der Waals surface area (Å²) in [7, 11) is -3.05. The van der Waals surface area contributed by atoms with Crippen molar-refractivity contribution >= 4 is 32.1 Å². The van der Waals surface area contributed by atoms with Crippen molar-refractivity contribution in [2.75, 3.05) is 6.26 Å². The fraction of sp³-hybridized carbons (Fsp3) is 0.407. The molecule has 0 unspecified atom stereocenters. The highest BCUT2D eigenvalue weighted by Gasteiger charge is 2.31. The van der Waals surface area contributed by atoms with Crippen molar-refractivity contribution in [2.24, 2.45) is 16.8 Å². The Labute approximate surface area is 194 Å². The van der Waals surface area contributed by atoms with Gasteiger partial charge in [-0.15, -0.1) is 0 Å². The highest BCUT2D eigenvalue weighted by atomic mass is 32.2. The average molecular weight is 465 g/mol. The molecule has 172 valence electrons. The quantitative estimate of drug-likeness (QED) is 0.454. The smallest absolute Gasteiger partial charge is 0.151 e. The fourth-order valence-electron chi connectivity index (χ4n) is 5.63. The first kappa shape index (κ1) is 22.2. The van der Waals surface area contributed by atoms with E-state index in [4.69, 9.17) is 4.99 Å². The van der Waals surface area contributed by atoms with Gasteiger partial charge in [0, 0.05) is 30.0 Å². The summed E-state index contributed by atoms with van der Waals surface area (Å²) in [6.07, 6.45) is 8.34. The zero-order valence-corrected chi connectivity index (χ0v) is 19.9. The predicted octanol–water partition coefficient (Wildman–Crippen LogP) is 6.16. The van der Waals surface area contributed by atoms with Gasteiger partial charge in [0.2, 0.25) is 0 Å². The molecule has 1 atom stereocenters. The Morgan fingerprint density at radius 2 is 1.85 bits per heavy atom. The lowest BCUT2D eigenvalue weighted by Crippen LogP contribution is -2.25. The second-order valence-electron chi connectivity index (χ2n) is 9.78. The van der Waals surface area contributed by atoms with Crippen molar-refractivity contribution in [2.45, 2.75) is 50.7 Å². The van der Waals surface area contributed by atoms with Crippen LogP contribution in [0.2, 0.25) is 0 Å². The molecule has 1 fully saturated rings. The number of benzene rings is 2. The van der Waals surface area contributed by atoms with Crippen molar-refractivity contribution in [1.29, 1.82) is 0 Å². The van der Waals surface area contributed by atoms with Gasteiger partial charge in [-0.05, 0) is 90.5 Å². The molecule has 4 nitrogen and oxygen atoms in total. The van der Waals surface area contributed by atoms with Gasteiger partial charge in [-0.1, -0.05) is 19.1 Å². The molecule has 2 heterocycles. The van der Waals surface area contributed by atoms with Crippen LogP contribution in [0, 0.1) is 17.7 Å². The number of aromatic nitrogens is 1. The molecule has 0 N–H and O–H groups in total. The summed E-state index contributed by atoms with van der Waals surface area (Å²) < 4.78 is 37.2. The van der Waals surface area contributed by atoms with E-state index in [1.54, 1.807) is 12.1 Å². The van der Waals surface area contributed by atoms with E-state index in [-0.39, 0.29) is 11.6 Å². The van der Waals surface area contributed by atoms with Crippen LogP contribution in [0.5, 0.6) is 0 Å². The van der Waals surface area contributed by atoms with Crippen LogP contribution in [-0.2, 0) is 22.0 Å². The molecule has 0 spiro atoms. The summed E-state index contributed by atoms with van der Waals surface area (Å²) in [5.41, 5.74) is 6.24. The zero-order valence-electron chi connectivity index (χ0n) is 19.1. The third kappa shape index (κ3) is 4.72. The van der Waals surface area contributed by atoms with Crippen LogP contribution < -0.4 is 0 Å². The summed E-state index contributed by atoms with van der Waals surface area (Å²) >= 11 is 0. The third-order valence-electron chi connectivity index (χ3n) is 7.39. The molecule has 33 heavy (non-hydrogen) atoms. The van der Waals surface area contributed by atoms with Gasteiger partial charge in [-0.3, -0.25) is 9.98 Å². The summed E-state index contributed by atoms with van der Waals surface area (Å²) in [6, 6.07) is 12.8. The van der Waals surface area contributed by atoms with Gasteiger partial charge >= 0.3 is 0 Å². The Morgan fingerprint density at radius 1 is 1.06 bits per heavy atom. The number of aliphatic imine (C=N–C) groups is 1. The maximum absolute atomic E-state index is 13.9. The number of rotatable bonds is 5. The van der Waals surface area contributed by atoms with E-state index >= 15 is 0 Å². The Bertz CT molecular complexity index is 1340. The van der Waals surface area contributed by atoms with E-state index in [2.05, 4.69) is 18.0 Å². The summed E-state index contributed by atoms with van der Waals surface area (Å²) in [5.74, 6) is 1.26. The maximum atomic E-state index is 13.9. The van der Waals surface area contributed by atoms with Gasteiger partial charge < -0.3 is 0 Å². The summed E-state index contributed by atoms with van der Waals surface area (Å²) in [6.45, 7) is 2.28. The monoisotopic (exact) mass is 464 g/mol. The van der Waals surface area contributed by atoms with E-state index in [0.717, 1.165) is 59.8 Å². The lowest BCUT2D eigenvalue weighted by atomic mass is 9.72. The Hall–Kier alpha value is -2.60. The minimum atomic E-state index is -3.05. The van der Waals surface area contributed by atoms with E-state index < -0.39 is 9.84 Å². The normalized spacial score (nSPS) is 21.6.